The van der Waals surface area contributed by atoms with Gasteiger partial charge in [0, 0.05) is 13.1 Å². The van der Waals surface area contributed by atoms with E-state index in [1.165, 1.54) is 13.1 Å². The third-order valence-electron chi connectivity index (χ3n) is 1.34. The summed E-state index contributed by atoms with van der Waals surface area (Å²) in [7, 11) is 1.45. The van der Waals surface area contributed by atoms with Crippen LogP contribution in [-0.4, -0.2) is 29.2 Å². The number of hydrogen-bond acceptors (Lipinski definition) is 4. The molecule has 1 rings (SSSR count). The van der Waals surface area contributed by atoms with E-state index in [1.807, 2.05) is 0 Å². The van der Waals surface area contributed by atoms with Crippen LogP contribution < -0.4 is 5.32 Å². The number of carbonyl (C=O) groups excluding carboxylic acids is 1. The first kappa shape index (κ1) is 9.24. The van der Waals surface area contributed by atoms with Crippen LogP contribution in [0.15, 0.2) is 10.6 Å². The molecule has 1 aromatic heterocycles. The van der Waals surface area contributed by atoms with Gasteiger partial charge in [-0.15, -0.1) is 0 Å². The van der Waals surface area contributed by atoms with E-state index in [2.05, 4.69) is 15.0 Å². The topological polar surface area (TPSA) is 92.4 Å². The Kier molecular flexibility index (Phi) is 2.63. The summed E-state index contributed by atoms with van der Waals surface area (Å²) in [5, 5.41) is 14.1. The van der Waals surface area contributed by atoms with E-state index in [-0.39, 0.29) is 17.9 Å². The lowest BCUT2D eigenvalue weighted by molar-refractivity contribution is -0.136. The number of nitrogens with one attached hydrogen (secondary N) is 1. The maximum atomic E-state index is 10.9. The standard InChI is InChI=1S/C7H8N2O4/c1-8-7(12)5-2-4(13-9-5)3-6(10)11/h2H,3H2,1H3,(H,8,12)(H,10,11). The first-order chi connectivity index (χ1) is 6.13. The zero-order valence-corrected chi connectivity index (χ0v) is 6.90. The molecule has 2 N–H and O–H groups in total. The molecule has 0 aromatic carbocycles. The highest BCUT2D eigenvalue weighted by Crippen LogP contribution is 2.03. The van der Waals surface area contributed by atoms with Crippen LogP contribution in [0.5, 0.6) is 0 Å². The second kappa shape index (κ2) is 3.70. The molecule has 0 bridgehead atoms. The molecular formula is C7H8N2O4. The second-order valence-corrected chi connectivity index (χ2v) is 2.33. The SMILES string of the molecule is CNC(=O)c1cc(CC(=O)O)on1. The summed E-state index contributed by atoms with van der Waals surface area (Å²) < 4.78 is 4.61. The van der Waals surface area contributed by atoms with Gasteiger partial charge in [-0.25, -0.2) is 0 Å². The molecule has 0 unspecified atom stereocenters. The Labute approximate surface area is 73.5 Å². The first-order valence-corrected chi connectivity index (χ1v) is 3.53. The highest BCUT2D eigenvalue weighted by atomic mass is 16.5. The Hall–Kier alpha value is -1.85. The van der Waals surface area contributed by atoms with Crippen molar-refractivity contribution in [1.29, 1.82) is 0 Å². The van der Waals surface area contributed by atoms with Crippen LogP contribution in [0.2, 0.25) is 0 Å². The van der Waals surface area contributed by atoms with Gasteiger partial charge >= 0.3 is 5.97 Å². The van der Waals surface area contributed by atoms with Crippen LogP contribution in [-0.2, 0) is 11.2 Å². The molecule has 6 heteroatoms. The van der Waals surface area contributed by atoms with Gasteiger partial charge in [-0.2, -0.15) is 0 Å². The molecule has 0 saturated carbocycles. The maximum absolute atomic E-state index is 10.9. The van der Waals surface area contributed by atoms with Gasteiger partial charge in [-0.1, -0.05) is 5.16 Å². The monoisotopic (exact) mass is 184 g/mol. The van der Waals surface area contributed by atoms with Crippen LogP contribution in [0, 0.1) is 0 Å². The van der Waals surface area contributed by atoms with E-state index in [0.29, 0.717) is 0 Å². The van der Waals surface area contributed by atoms with Crippen LogP contribution in [0.3, 0.4) is 0 Å². The number of amides is 1. The molecule has 0 aliphatic carbocycles. The fourth-order valence-electron chi connectivity index (χ4n) is 0.780. The van der Waals surface area contributed by atoms with Crippen molar-refractivity contribution in [2.45, 2.75) is 6.42 Å². The van der Waals surface area contributed by atoms with Gasteiger partial charge in [0.2, 0.25) is 0 Å². The molecule has 0 saturated heterocycles. The largest absolute Gasteiger partial charge is 0.481 e. The molecule has 0 aliphatic heterocycles. The predicted octanol–water partition coefficient (Wildman–Crippen LogP) is -0.339. The van der Waals surface area contributed by atoms with Crippen LogP contribution in [0.4, 0.5) is 0 Å². The Balaban J connectivity index is 2.74. The Morgan fingerprint density at radius 3 is 2.92 bits per heavy atom. The molecular weight excluding hydrogens is 176 g/mol. The number of rotatable bonds is 3. The van der Waals surface area contributed by atoms with Crippen LogP contribution in [0.25, 0.3) is 0 Å². The van der Waals surface area contributed by atoms with Gasteiger partial charge in [0.25, 0.3) is 5.91 Å². The molecule has 1 aromatic rings. The van der Waals surface area contributed by atoms with E-state index in [0.717, 1.165) is 0 Å². The summed E-state index contributed by atoms with van der Waals surface area (Å²) in [6.07, 6.45) is -0.274. The maximum Gasteiger partial charge on any atom is 0.311 e. The van der Waals surface area contributed by atoms with E-state index in [4.69, 9.17) is 5.11 Å². The smallest absolute Gasteiger partial charge is 0.311 e. The van der Waals surface area contributed by atoms with Crippen molar-refractivity contribution in [2.24, 2.45) is 0 Å². The number of aromatic nitrogens is 1. The zero-order valence-electron chi connectivity index (χ0n) is 6.90. The quantitative estimate of drug-likeness (QED) is 0.670. The average Bonchev–Trinajstić information content (AvgIpc) is 2.50. The van der Waals surface area contributed by atoms with E-state index < -0.39 is 11.9 Å². The van der Waals surface area contributed by atoms with Crippen molar-refractivity contribution in [3.05, 3.63) is 17.5 Å². The fraction of sp³-hybridized carbons (Fsp3) is 0.286. The highest BCUT2D eigenvalue weighted by Gasteiger charge is 2.12. The number of carbonyl (C=O) groups is 2. The van der Waals surface area contributed by atoms with Crippen molar-refractivity contribution in [3.63, 3.8) is 0 Å². The van der Waals surface area contributed by atoms with E-state index in [1.54, 1.807) is 0 Å². The lowest BCUT2D eigenvalue weighted by Gasteiger charge is -1.88. The lowest BCUT2D eigenvalue weighted by Crippen LogP contribution is -2.17. The summed E-state index contributed by atoms with van der Waals surface area (Å²) in [4.78, 5) is 21.2. The average molecular weight is 184 g/mol. The van der Waals surface area contributed by atoms with Gasteiger partial charge in [-0.05, 0) is 0 Å². The molecule has 0 atom stereocenters. The van der Waals surface area contributed by atoms with E-state index in [9.17, 15) is 9.59 Å². The molecule has 1 amide bonds. The number of hydrogen-bond donors (Lipinski definition) is 2. The summed E-state index contributed by atoms with van der Waals surface area (Å²) >= 11 is 0. The number of carboxylic acid groups (broad SMARTS) is 1. The summed E-state index contributed by atoms with van der Waals surface area (Å²) in [6, 6.07) is 1.30. The second-order valence-electron chi connectivity index (χ2n) is 2.33. The number of carboxylic acids is 1. The van der Waals surface area contributed by atoms with Crippen molar-refractivity contribution in [3.8, 4) is 0 Å². The molecule has 0 radical (unpaired) electrons. The number of nitrogens with zero attached hydrogens (tertiary/aromatic N) is 1. The van der Waals surface area contributed by atoms with Gasteiger partial charge in [0.05, 0.1) is 0 Å². The van der Waals surface area contributed by atoms with Crippen molar-refractivity contribution in [2.75, 3.05) is 7.05 Å². The molecule has 0 spiro atoms. The summed E-state index contributed by atoms with van der Waals surface area (Å²) in [5.41, 5.74) is 0.0822. The summed E-state index contributed by atoms with van der Waals surface area (Å²) in [5.74, 6) is -1.27. The molecule has 1 heterocycles. The Morgan fingerprint density at radius 1 is 1.69 bits per heavy atom. The van der Waals surface area contributed by atoms with Crippen LogP contribution >= 0.6 is 0 Å². The first-order valence-electron chi connectivity index (χ1n) is 3.53. The highest BCUT2D eigenvalue weighted by molar-refractivity contribution is 5.92. The lowest BCUT2D eigenvalue weighted by atomic mass is 10.3. The van der Waals surface area contributed by atoms with Crippen molar-refractivity contribution in [1.82, 2.24) is 10.5 Å². The van der Waals surface area contributed by atoms with Crippen molar-refractivity contribution >= 4 is 11.9 Å². The normalized spacial score (nSPS) is 9.62. The number of aliphatic carboxylic acids is 1. The van der Waals surface area contributed by atoms with Crippen molar-refractivity contribution < 1.29 is 19.2 Å². The molecule has 70 valence electrons. The third kappa shape index (κ3) is 2.29. The van der Waals surface area contributed by atoms with Gasteiger partial charge in [0.1, 0.15) is 12.2 Å². The minimum Gasteiger partial charge on any atom is -0.481 e. The third-order valence-corrected chi connectivity index (χ3v) is 1.34. The van der Waals surface area contributed by atoms with Gasteiger partial charge < -0.3 is 14.9 Å². The predicted molar refractivity (Wildman–Crippen MR) is 41.2 cm³/mol. The van der Waals surface area contributed by atoms with E-state index >= 15 is 0 Å². The molecule has 13 heavy (non-hydrogen) atoms. The van der Waals surface area contributed by atoms with Gasteiger partial charge in [0.15, 0.2) is 5.69 Å². The minimum absolute atomic E-state index is 0.0822. The fourth-order valence-corrected chi connectivity index (χ4v) is 0.780. The Bertz CT molecular complexity index is 331. The molecule has 0 fully saturated rings. The molecule has 0 aliphatic rings. The Morgan fingerprint density at radius 2 is 2.38 bits per heavy atom. The summed E-state index contributed by atoms with van der Waals surface area (Å²) in [6.45, 7) is 0. The van der Waals surface area contributed by atoms with Gasteiger partial charge in [-0.3, -0.25) is 9.59 Å². The zero-order chi connectivity index (χ0) is 9.84. The molecule has 6 nitrogen and oxygen atoms in total. The minimum atomic E-state index is -1.03. The van der Waals surface area contributed by atoms with Crippen LogP contribution in [0.1, 0.15) is 16.2 Å².